The molecule has 4 nitrogen and oxygen atoms in total. The molecule has 1 aliphatic rings. The number of imidazole rings is 1. The fourth-order valence-corrected chi connectivity index (χ4v) is 3.57. The molecule has 0 atom stereocenters. The molecule has 1 aliphatic carbocycles. The zero-order chi connectivity index (χ0) is 15.2. The van der Waals surface area contributed by atoms with Gasteiger partial charge < -0.3 is 9.67 Å². The molecule has 1 fully saturated rings. The van der Waals surface area contributed by atoms with Crippen molar-refractivity contribution < 1.29 is 18.7 Å². The van der Waals surface area contributed by atoms with E-state index in [2.05, 4.69) is 4.98 Å². The van der Waals surface area contributed by atoms with Crippen LogP contribution in [0.2, 0.25) is 0 Å². The minimum Gasteiger partial charge on any atom is -0.481 e. The monoisotopic (exact) mass is 312 g/mol. The van der Waals surface area contributed by atoms with Crippen molar-refractivity contribution in [3.63, 3.8) is 0 Å². The highest BCUT2D eigenvalue weighted by Gasteiger charge is 2.38. The highest BCUT2D eigenvalue weighted by atomic mass is 32.2. The summed E-state index contributed by atoms with van der Waals surface area (Å²) >= 11 is 1.03. The highest BCUT2D eigenvalue weighted by molar-refractivity contribution is 7.99. The Morgan fingerprint density at radius 2 is 2.19 bits per heavy atom. The quantitative estimate of drug-likeness (QED) is 0.879. The van der Waals surface area contributed by atoms with Gasteiger partial charge in [-0.25, -0.2) is 13.8 Å². The van der Waals surface area contributed by atoms with E-state index in [-0.39, 0.29) is 16.8 Å². The Bertz CT molecular complexity index is 725. The molecule has 1 aromatic carbocycles. The zero-order valence-electron chi connectivity index (χ0n) is 11.4. The predicted molar refractivity (Wildman–Crippen MR) is 75.5 cm³/mol. The summed E-state index contributed by atoms with van der Waals surface area (Å²) in [5, 5.41) is 9.25. The number of rotatable bonds is 4. The fourth-order valence-electron chi connectivity index (χ4n) is 2.72. The minimum atomic E-state index is -0.968. The lowest BCUT2D eigenvalue weighted by atomic mass is 9.78. The maximum Gasteiger partial charge on any atom is 0.313 e. The van der Waals surface area contributed by atoms with Crippen LogP contribution in [0.1, 0.15) is 26.2 Å². The number of carboxylic acids is 1. The van der Waals surface area contributed by atoms with E-state index in [0.29, 0.717) is 10.7 Å². The fraction of sp³-hybridized carbons (Fsp3) is 0.429. The second-order valence-electron chi connectivity index (χ2n) is 5.49. The first-order valence-electron chi connectivity index (χ1n) is 6.64. The Hall–Kier alpha value is -1.63. The highest BCUT2D eigenvalue weighted by Crippen LogP contribution is 2.44. The minimum absolute atomic E-state index is 0.130. The molecule has 1 heterocycles. The van der Waals surface area contributed by atoms with Crippen molar-refractivity contribution in [2.24, 2.45) is 0 Å². The Morgan fingerprint density at radius 3 is 2.76 bits per heavy atom. The van der Waals surface area contributed by atoms with E-state index in [4.69, 9.17) is 5.11 Å². The van der Waals surface area contributed by atoms with Crippen molar-refractivity contribution in [3.8, 4) is 0 Å². The van der Waals surface area contributed by atoms with Crippen molar-refractivity contribution in [3.05, 3.63) is 23.8 Å². The summed E-state index contributed by atoms with van der Waals surface area (Å²) < 4.78 is 29.4. The van der Waals surface area contributed by atoms with Crippen molar-refractivity contribution in [2.45, 2.75) is 36.9 Å². The van der Waals surface area contributed by atoms with Crippen LogP contribution in [0, 0.1) is 11.6 Å². The van der Waals surface area contributed by atoms with E-state index in [9.17, 15) is 13.6 Å². The van der Waals surface area contributed by atoms with Crippen LogP contribution in [-0.4, -0.2) is 26.4 Å². The number of nitrogens with zero attached hydrogens (tertiary/aromatic N) is 2. The Kier molecular flexibility index (Phi) is 3.39. The summed E-state index contributed by atoms with van der Waals surface area (Å²) in [7, 11) is 0. The molecule has 0 radical (unpaired) electrons. The number of carbonyl (C=O) groups is 1. The molecule has 7 heteroatoms. The van der Waals surface area contributed by atoms with E-state index in [1.54, 1.807) is 4.57 Å². The second-order valence-corrected chi connectivity index (χ2v) is 6.43. The van der Waals surface area contributed by atoms with Gasteiger partial charge in [0.1, 0.15) is 5.52 Å². The topological polar surface area (TPSA) is 55.1 Å². The molecule has 3 rings (SSSR count). The maximum absolute atomic E-state index is 14.2. The Morgan fingerprint density at radius 1 is 1.48 bits per heavy atom. The third-order valence-corrected chi connectivity index (χ3v) is 4.90. The lowest BCUT2D eigenvalue weighted by Gasteiger charge is -2.41. The van der Waals surface area contributed by atoms with Crippen molar-refractivity contribution in [1.29, 1.82) is 0 Å². The summed E-state index contributed by atoms with van der Waals surface area (Å²) in [6.07, 6.45) is 2.69. The molecule has 0 unspecified atom stereocenters. The zero-order valence-corrected chi connectivity index (χ0v) is 12.2. The number of benzene rings is 1. The lowest BCUT2D eigenvalue weighted by Crippen LogP contribution is -2.38. The number of aromatic nitrogens is 2. The van der Waals surface area contributed by atoms with E-state index in [0.717, 1.165) is 37.1 Å². The normalized spacial score (nSPS) is 16.9. The Balaban J connectivity index is 2.19. The van der Waals surface area contributed by atoms with Crippen molar-refractivity contribution >= 4 is 28.8 Å². The maximum atomic E-state index is 14.2. The summed E-state index contributed by atoms with van der Waals surface area (Å²) in [4.78, 5) is 15.1. The number of fused-ring (bicyclic) bond motifs is 1. The first kappa shape index (κ1) is 14.3. The lowest BCUT2D eigenvalue weighted by molar-refractivity contribution is -0.133. The smallest absolute Gasteiger partial charge is 0.313 e. The van der Waals surface area contributed by atoms with Gasteiger partial charge in [0.25, 0.3) is 0 Å². The summed E-state index contributed by atoms with van der Waals surface area (Å²) in [6.45, 7) is 1.97. The average molecular weight is 312 g/mol. The standard InChI is InChI=1S/C14H14F2N2O2S/c1-14(5-2-6-14)18-12-9(4-3-8(15)11(12)16)17-13(18)21-7-10(19)20/h3-4H,2,5-7H2,1H3,(H,19,20). The van der Waals surface area contributed by atoms with Gasteiger partial charge in [0.05, 0.1) is 11.3 Å². The van der Waals surface area contributed by atoms with Gasteiger partial charge in [-0.15, -0.1) is 0 Å². The van der Waals surface area contributed by atoms with Gasteiger partial charge in [-0.05, 0) is 38.3 Å². The van der Waals surface area contributed by atoms with Gasteiger partial charge in [-0.2, -0.15) is 0 Å². The molecule has 2 aromatic rings. The number of hydrogen-bond donors (Lipinski definition) is 1. The van der Waals surface area contributed by atoms with Gasteiger partial charge in [-0.1, -0.05) is 11.8 Å². The molecular formula is C14H14F2N2O2S. The number of halogens is 2. The van der Waals surface area contributed by atoms with E-state index >= 15 is 0 Å². The molecule has 21 heavy (non-hydrogen) atoms. The van der Waals surface area contributed by atoms with Crippen LogP contribution in [0.5, 0.6) is 0 Å². The van der Waals surface area contributed by atoms with Crippen LogP contribution in [0.15, 0.2) is 17.3 Å². The number of hydrogen-bond acceptors (Lipinski definition) is 3. The summed E-state index contributed by atoms with van der Waals surface area (Å²) in [5.74, 6) is -2.97. The van der Waals surface area contributed by atoms with Gasteiger partial charge in [0.2, 0.25) is 0 Å². The van der Waals surface area contributed by atoms with Crippen molar-refractivity contribution in [2.75, 3.05) is 5.75 Å². The van der Waals surface area contributed by atoms with Crippen LogP contribution in [-0.2, 0) is 10.3 Å². The van der Waals surface area contributed by atoms with Gasteiger partial charge >= 0.3 is 5.97 Å². The van der Waals surface area contributed by atoms with Crippen LogP contribution >= 0.6 is 11.8 Å². The van der Waals surface area contributed by atoms with Gasteiger partial charge in [0, 0.05) is 5.54 Å². The van der Waals surface area contributed by atoms with E-state index in [1.165, 1.54) is 6.07 Å². The van der Waals surface area contributed by atoms with Crippen LogP contribution < -0.4 is 0 Å². The third-order valence-electron chi connectivity index (χ3n) is 3.97. The SMILES string of the molecule is CC1(n2c(SCC(=O)O)nc3ccc(F)c(F)c32)CCC1. The van der Waals surface area contributed by atoms with Crippen LogP contribution in [0.4, 0.5) is 8.78 Å². The third kappa shape index (κ3) is 2.29. The van der Waals surface area contributed by atoms with Crippen LogP contribution in [0.25, 0.3) is 11.0 Å². The van der Waals surface area contributed by atoms with Crippen molar-refractivity contribution in [1.82, 2.24) is 9.55 Å². The van der Waals surface area contributed by atoms with Gasteiger partial charge in [0.15, 0.2) is 16.8 Å². The van der Waals surface area contributed by atoms with Gasteiger partial charge in [-0.3, -0.25) is 4.79 Å². The number of carboxylic acid groups (broad SMARTS) is 1. The molecule has 112 valence electrons. The summed E-state index contributed by atoms with van der Waals surface area (Å²) in [6, 6.07) is 2.47. The molecule has 1 N–H and O–H groups in total. The van der Waals surface area contributed by atoms with Crippen LogP contribution in [0.3, 0.4) is 0 Å². The predicted octanol–water partition coefficient (Wildman–Crippen LogP) is 3.39. The number of thioether (sulfide) groups is 1. The molecule has 0 amide bonds. The summed E-state index contributed by atoms with van der Waals surface area (Å²) in [5.41, 5.74) is 0.157. The molecule has 0 spiro atoms. The molecule has 0 bridgehead atoms. The molecule has 1 saturated carbocycles. The molecular weight excluding hydrogens is 298 g/mol. The van der Waals surface area contributed by atoms with E-state index in [1.807, 2.05) is 6.92 Å². The number of aliphatic carboxylic acids is 1. The molecule has 0 aliphatic heterocycles. The van der Waals surface area contributed by atoms with E-state index < -0.39 is 17.6 Å². The Labute approximate surface area is 124 Å². The molecule has 0 saturated heterocycles. The first-order chi connectivity index (χ1) is 9.92. The first-order valence-corrected chi connectivity index (χ1v) is 7.62. The molecule has 1 aromatic heterocycles. The average Bonchev–Trinajstić information content (AvgIpc) is 2.77. The largest absolute Gasteiger partial charge is 0.481 e. The second kappa shape index (κ2) is 4.98.